The Morgan fingerprint density at radius 1 is 1.28 bits per heavy atom. The summed E-state index contributed by atoms with van der Waals surface area (Å²) < 4.78 is 10.1. The molecule has 1 amide bonds. The van der Waals surface area contributed by atoms with Gasteiger partial charge in [-0.2, -0.15) is 0 Å². The minimum absolute atomic E-state index is 0.0808. The highest BCUT2D eigenvalue weighted by Crippen LogP contribution is 2.29. The van der Waals surface area contributed by atoms with E-state index in [-0.39, 0.29) is 18.3 Å². The molecule has 2 aromatic rings. The maximum Gasteiger partial charge on any atom is 0.338 e. The molecule has 7 nitrogen and oxygen atoms in total. The molecule has 1 aromatic carbocycles. The van der Waals surface area contributed by atoms with E-state index in [9.17, 15) is 14.4 Å². The molecule has 1 fully saturated rings. The van der Waals surface area contributed by atoms with Crippen molar-refractivity contribution in [3.8, 4) is 0 Å². The highest BCUT2D eigenvalue weighted by molar-refractivity contribution is 8.04. The van der Waals surface area contributed by atoms with Gasteiger partial charge in [-0.05, 0) is 38.5 Å². The molecule has 152 valence electrons. The summed E-state index contributed by atoms with van der Waals surface area (Å²) in [6.45, 7) is 4.31. The maximum absolute atomic E-state index is 12.6. The Bertz CT molecular complexity index is 1000. The van der Waals surface area contributed by atoms with E-state index >= 15 is 0 Å². The number of hydrogen-bond donors (Lipinski definition) is 0. The lowest BCUT2D eigenvalue weighted by Gasteiger charge is -2.16. The monoisotopic (exact) mass is 414 g/mol. The van der Waals surface area contributed by atoms with Crippen LogP contribution in [-0.4, -0.2) is 53.7 Å². The van der Waals surface area contributed by atoms with Gasteiger partial charge in [0, 0.05) is 17.6 Å². The average molecular weight is 414 g/mol. The minimum Gasteiger partial charge on any atom is -0.466 e. The topological polar surface area (TPSA) is 85.8 Å². The summed E-state index contributed by atoms with van der Waals surface area (Å²) >= 11 is 1.29. The maximum atomic E-state index is 12.6. The van der Waals surface area contributed by atoms with Gasteiger partial charge in [-0.25, -0.2) is 9.59 Å². The van der Waals surface area contributed by atoms with Crippen LogP contribution in [0.1, 0.15) is 28.0 Å². The van der Waals surface area contributed by atoms with Crippen molar-refractivity contribution in [1.82, 2.24) is 9.88 Å². The van der Waals surface area contributed by atoms with Crippen molar-refractivity contribution in [3.63, 3.8) is 0 Å². The Balaban J connectivity index is 1.63. The Morgan fingerprint density at radius 3 is 2.83 bits per heavy atom. The molecule has 3 rings (SSSR count). The second-order valence-electron chi connectivity index (χ2n) is 6.66. The number of nitrogens with zero attached hydrogens (tertiary/aromatic N) is 2. The second kappa shape index (κ2) is 9.09. The van der Waals surface area contributed by atoms with Crippen molar-refractivity contribution in [3.05, 3.63) is 52.2 Å². The zero-order valence-corrected chi connectivity index (χ0v) is 17.4. The summed E-state index contributed by atoms with van der Waals surface area (Å²) in [5, 5.41) is 1.31. The number of methoxy groups -OCH3 is 1. The molecule has 0 N–H and O–H groups in total. The second-order valence-corrected chi connectivity index (χ2v) is 7.66. The summed E-state index contributed by atoms with van der Waals surface area (Å²) in [6, 6.07) is 7.49. The lowest BCUT2D eigenvalue weighted by atomic mass is 10.1. The number of carbonyl (C=O) groups is 3. The Hall–Kier alpha value is -2.87. The molecular formula is C21H22N2O5S. The Morgan fingerprint density at radius 2 is 2.07 bits per heavy atom. The van der Waals surface area contributed by atoms with Crippen LogP contribution >= 0.6 is 11.8 Å². The first-order valence-corrected chi connectivity index (χ1v) is 10.2. The fourth-order valence-corrected chi connectivity index (χ4v) is 3.99. The van der Waals surface area contributed by atoms with Crippen LogP contribution in [0.2, 0.25) is 0 Å². The van der Waals surface area contributed by atoms with Crippen LogP contribution in [0.25, 0.3) is 10.9 Å². The molecule has 8 heteroatoms. The quantitative estimate of drug-likeness (QED) is 0.408. The first kappa shape index (κ1) is 20.9. The van der Waals surface area contributed by atoms with Crippen molar-refractivity contribution in [2.75, 3.05) is 26.0 Å². The van der Waals surface area contributed by atoms with Crippen molar-refractivity contribution in [1.29, 1.82) is 0 Å². The van der Waals surface area contributed by atoms with Crippen molar-refractivity contribution < 1.29 is 23.9 Å². The number of esters is 2. The van der Waals surface area contributed by atoms with E-state index in [1.54, 1.807) is 6.07 Å². The molecule has 0 unspecified atom stereocenters. The van der Waals surface area contributed by atoms with E-state index in [4.69, 9.17) is 4.74 Å². The van der Waals surface area contributed by atoms with E-state index in [1.165, 1.54) is 29.8 Å². The Kier molecular flexibility index (Phi) is 6.53. The minimum atomic E-state index is -0.506. The van der Waals surface area contributed by atoms with Crippen LogP contribution in [0.3, 0.4) is 0 Å². The van der Waals surface area contributed by atoms with Crippen LogP contribution in [0.5, 0.6) is 0 Å². The van der Waals surface area contributed by atoms with E-state index in [0.717, 1.165) is 22.2 Å². The third kappa shape index (κ3) is 4.95. The first-order valence-electron chi connectivity index (χ1n) is 9.17. The van der Waals surface area contributed by atoms with Crippen LogP contribution < -0.4 is 0 Å². The van der Waals surface area contributed by atoms with Crippen molar-refractivity contribution in [2.45, 2.75) is 20.3 Å². The number of rotatable bonds is 6. The number of fused-ring (bicyclic) bond motifs is 1. The molecule has 1 aliphatic rings. The van der Waals surface area contributed by atoms with Gasteiger partial charge in [-0.15, -0.1) is 0 Å². The van der Waals surface area contributed by atoms with Crippen LogP contribution in [0, 0.1) is 13.8 Å². The summed E-state index contributed by atoms with van der Waals surface area (Å²) in [5.74, 6) is -0.723. The van der Waals surface area contributed by atoms with Crippen LogP contribution in [-0.2, 0) is 19.1 Å². The number of thioether (sulfide) groups is 1. The predicted molar refractivity (Wildman–Crippen MR) is 110 cm³/mol. The largest absolute Gasteiger partial charge is 0.466 e. The molecule has 1 saturated heterocycles. The van der Waals surface area contributed by atoms with Gasteiger partial charge in [0.25, 0.3) is 0 Å². The molecule has 0 bridgehead atoms. The van der Waals surface area contributed by atoms with E-state index in [1.807, 2.05) is 32.0 Å². The van der Waals surface area contributed by atoms with Gasteiger partial charge < -0.3 is 14.4 Å². The number of aryl methyl sites for hydroxylation is 2. The molecule has 0 saturated carbocycles. The summed E-state index contributed by atoms with van der Waals surface area (Å²) in [6.07, 6.45) is 1.76. The molecular weight excluding hydrogens is 392 g/mol. The third-order valence-electron chi connectivity index (χ3n) is 4.42. The molecule has 0 spiro atoms. The van der Waals surface area contributed by atoms with Gasteiger partial charge in [0.05, 0.1) is 41.7 Å². The van der Waals surface area contributed by atoms with Crippen LogP contribution in [0.4, 0.5) is 0 Å². The first-order chi connectivity index (χ1) is 13.9. The Labute approximate surface area is 173 Å². The number of amides is 1. The predicted octanol–water partition coefficient (Wildman–Crippen LogP) is 2.99. The summed E-state index contributed by atoms with van der Waals surface area (Å²) in [5.41, 5.74) is 3.01. The molecule has 1 aliphatic heterocycles. The number of carbonyl (C=O) groups excluding carboxylic acids is 3. The van der Waals surface area contributed by atoms with Crippen molar-refractivity contribution >= 4 is 40.5 Å². The van der Waals surface area contributed by atoms with Gasteiger partial charge in [0.1, 0.15) is 0 Å². The fraction of sp³-hybridized carbons (Fsp3) is 0.333. The molecule has 0 aliphatic carbocycles. The molecule has 2 heterocycles. The van der Waals surface area contributed by atoms with Gasteiger partial charge in [-0.1, -0.05) is 23.4 Å². The number of aromatic nitrogens is 1. The number of pyridine rings is 1. The molecule has 1 aromatic heterocycles. The molecule has 0 atom stereocenters. The lowest BCUT2D eigenvalue weighted by molar-refractivity contribution is -0.134. The molecule has 29 heavy (non-hydrogen) atoms. The SMILES string of the molecule is COC(=O)/C=C1/SCC(=O)N1CCCOC(=O)c1cc(C)nc2ccc(C)cc12. The van der Waals surface area contributed by atoms with Gasteiger partial charge in [-0.3, -0.25) is 9.78 Å². The average Bonchev–Trinajstić information content (AvgIpc) is 3.04. The molecule has 0 radical (unpaired) electrons. The standard InChI is InChI=1S/C21H22N2O5S/c1-13-5-6-17-15(9-13)16(10-14(2)22-17)21(26)28-8-4-7-23-18(24)12-29-19(23)11-20(25)27-3/h5-6,9-11H,4,7-8,12H2,1-3H3/b19-11+. The zero-order valence-electron chi connectivity index (χ0n) is 16.6. The van der Waals surface area contributed by atoms with Gasteiger partial charge >= 0.3 is 11.9 Å². The van der Waals surface area contributed by atoms with Crippen LogP contribution in [0.15, 0.2) is 35.4 Å². The highest BCUT2D eigenvalue weighted by atomic mass is 32.2. The van der Waals surface area contributed by atoms with Gasteiger partial charge in [0.15, 0.2) is 0 Å². The van der Waals surface area contributed by atoms with Crippen molar-refractivity contribution in [2.24, 2.45) is 0 Å². The number of hydrogen-bond acceptors (Lipinski definition) is 7. The normalized spacial score (nSPS) is 15.2. The van der Waals surface area contributed by atoms with Gasteiger partial charge in [0.2, 0.25) is 5.91 Å². The van der Waals surface area contributed by atoms with E-state index < -0.39 is 11.9 Å². The fourth-order valence-electron chi connectivity index (χ4n) is 3.03. The lowest BCUT2D eigenvalue weighted by Crippen LogP contribution is -2.27. The van der Waals surface area contributed by atoms with E-state index in [2.05, 4.69) is 9.72 Å². The summed E-state index contributed by atoms with van der Waals surface area (Å²) in [4.78, 5) is 42.0. The zero-order chi connectivity index (χ0) is 21.0. The van der Waals surface area contributed by atoms with E-state index in [0.29, 0.717) is 23.6 Å². The number of benzene rings is 1. The smallest absolute Gasteiger partial charge is 0.338 e. The third-order valence-corrected chi connectivity index (χ3v) is 5.45. The number of ether oxygens (including phenoxy) is 2. The summed E-state index contributed by atoms with van der Waals surface area (Å²) in [7, 11) is 1.29. The highest BCUT2D eigenvalue weighted by Gasteiger charge is 2.27.